The number of rotatable bonds is 4. The van der Waals surface area contributed by atoms with Crippen LogP contribution in [-0.4, -0.2) is 60.3 Å². The Labute approximate surface area is 150 Å². The molecule has 0 radical (unpaired) electrons. The number of carboxylic acids is 1. The van der Waals surface area contributed by atoms with Crippen LogP contribution in [0.3, 0.4) is 0 Å². The molecule has 9 nitrogen and oxygen atoms in total. The SMILES string of the molecule is O=C(CN1CCCCC1C(=O)O)NC(=O)Nc1ccc2c(c1)OCCO2. The molecule has 3 N–H and O–H groups in total. The van der Waals surface area contributed by atoms with Gasteiger partial charge >= 0.3 is 12.0 Å². The van der Waals surface area contributed by atoms with Gasteiger partial charge in [-0.15, -0.1) is 0 Å². The molecule has 0 aromatic heterocycles. The first-order chi connectivity index (χ1) is 12.5. The van der Waals surface area contributed by atoms with Gasteiger partial charge in [-0.25, -0.2) is 4.79 Å². The average molecular weight is 363 g/mol. The van der Waals surface area contributed by atoms with Gasteiger partial charge in [0, 0.05) is 11.8 Å². The highest BCUT2D eigenvalue weighted by Gasteiger charge is 2.29. The van der Waals surface area contributed by atoms with E-state index in [1.165, 1.54) is 0 Å². The highest BCUT2D eigenvalue weighted by Crippen LogP contribution is 2.32. The first-order valence-corrected chi connectivity index (χ1v) is 8.50. The van der Waals surface area contributed by atoms with E-state index in [0.717, 1.165) is 12.8 Å². The molecule has 3 rings (SSSR count). The van der Waals surface area contributed by atoms with Crippen LogP contribution in [0.2, 0.25) is 0 Å². The fourth-order valence-electron chi connectivity index (χ4n) is 3.09. The fraction of sp³-hybridized carbons (Fsp3) is 0.471. The molecule has 0 aliphatic carbocycles. The third-order valence-electron chi connectivity index (χ3n) is 4.30. The number of carboxylic acid groups (broad SMARTS) is 1. The Morgan fingerprint density at radius 1 is 1.15 bits per heavy atom. The number of imide groups is 1. The number of hydrogen-bond donors (Lipinski definition) is 3. The number of carbonyl (C=O) groups excluding carboxylic acids is 2. The van der Waals surface area contributed by atoms with Crippen LogP contribution in [-0.2, 0) is 9.59 Å². The topological polar surface area (TPSA) is 117 Å². The number of carbonyl (C=O) groups is 3. The summed E-state index contributed by atoms with van der Waals surface area (Å²) in [4.78, 5) is 36.9. The van der Waals surface area contributed by atoms with Crippen molar-refractivity contribution >= 4 is 23.6 Å². The maximum atomic E-state index is 12.1. The van der Waals surface area contributed by atoms with E-state index in [-0.39, 0.29) is 6.54 Å². The van der Waals surface area contributed by atoms with Crippen LogP contribution in [0.25, 0.3) is 0 Å². The predicted molar refractivity (Wildman–Crippen MR) is 91.4 cm³/mol. The van der Waals surface area contributed by atoms with Gasteiger partial charge in [0.1, 0.15) is 19.3 Å². The zero-order chi connectivity index (χ0) is 18.5. The number of hydrogen-bond acceptors (Lipinski definition) is 6. The smallest absolute Gasteiger partial charge is 0.325 e. The number of urea groups is 1. The summed E-state index contributed by atoms with van der Waals surface area (Å²) >= 11 is 0. The second-order valence-corrected chi connectivity index (χ2v) is 6.18. The summed E-state index contributed by atoms with van der Waals surface area (Å²) in [5.74, 6) is -0.368. The second-order valence-electron chi connectivity index (χ2n) is 6.18. The third kappa shape index (κ3) is 4.42. The molecule has 1 unspecified atom stereocenters. The van der Waals surface area contributed by atoms with Crippen LogP contribution in [0.15, 0.2) is 18.2 Å². The summed E-state index contributed by atoms with van der Waals surface area (Å²) < 4.78 is 10.8. The van der Waals surface area contributed by atoms with E-state index in [1.807, 2.05) is 0 Å². The minimum atomic E-state index is -0.946. The predicted octanol–water partition coefficient (Wildman–Crippen LogP) is 1.04. The van der Waals surface area contributed by atoms with Gasteiger partial charge in [0.25, 0.3) is 0 Å². The summed E-state index contributed by atoms with van der Waals surface area (Å²) in [5.41, 5.74) is 0.459. The van der Waals surface area contributed by atoms with Crippen molar-refractivity contribution in [3.8, 4) is 11.5 Å². The molecule has 26 heavy (non-hydrogen) atoms. The first-order valence-electron chi connectivity index (χ1n) is 8.50. The molecule has 3 amide bonds. The van der Waals surface area contributed by atoms with E-state index in [0.29, 0.717) is 43.4 Å². The lowest BCUT2D eigenvalue weighted by Crippen LogP contribution is -2.50. The Balaban J connectivity index is 1.52. The summed E-state index contributed by atoms with van der Waals surface area (Å²) in [5, 5.41) is 14.0. The van der Waals surface area contributed by atoms with Crippen molar-refractivity contribution in [3.05, 3.63) is 18.2 Å². The van der Waals surface area contributed by atoms with Gasteiger partial charge in [0.15, 0.2) is 11.5 Å². The van der Waals surface area contributed by atoms with Crippen LogP contribution in [0, 0.1) is 0 Å². The van der Waals surface area contributed by atoms with Crippen LogP contribution < -0.4 is 20.1 Å². The molecule has 1 aromatic carbocycles. The van der Waals surface area contributed by atoms with Crippen molar-refractivity contribution in [1.29, 1.82) is 0 Å². The molecule has 9 heteroatoms. The molecular formula is C17H21N3O6. The van der Waals surface area contributed by atoms with Crippen molar-refractivity contribution < 1.29 is 29.0 Å². The molecule has 2 aliphatic heterocycles. The number of anilines is 1. The minimum Gasteiger partial charge on any atom is -0.486 e. The first kappa shape index (κ1) is 18.0. The van der Waals surface area contributed by atoms with Crippen molar-refractivity contribution in [3.63, 3.8) is 0 Å². The van der Waals surface area contributed by atoms with E-state index in [1.54, 1.807) is 23.1 Å². The van der Waals surface area contributed by atoms with E-state index < -0.39 is 23.9 Å². The Morgan fingerprint density at radius 2 is 1.92 bits per heavy atom. The Kier molecular flexibility index (Phi) is 5.57. The lowest BCUT2D eigenvalue weighted by atomic mass is 10.0. The number of aliphatic carboxylic acids is 1. The van der Waals surface area contributed by atoms with Crippen molar-refractivity contribution in [1.82, 2.24) is 10.2 Å². The van der Waals surface area contributed by atoms with Crippen LogP contribution in [0.1, 0.15) is 19.3 Å². The summed E-state index contributed by atoms with van der Waals surface area (Å²) in [6.07, 6.45) is 2.16. The molecule has 0 spiro atoms. The van der Waals surface area contributed by atoms with E-state index in [2.05, 4.69) is 10.6 Å². The molecule has 1 aromatic rings. The fourth-order valence-corrected chi connectivity index (χ4v) is 3.09. The third-order valence-corrected chi connectivity index (χ3v) is 4.30. The molecule has 1 saturated heterocycles. The largest absolute Gasteiger partial charge is 0.486 e. The highest BCUT2D eigenvalue weighted by molar-refractivity contribution is 6.02. The van der Waals surface area contributed by atoms with Crippen LogP contribution >= 0.6 is 0 Å². The molecule has 140 valence electrons. The standard InChI is InChI=1S/C17H21N3O6/c21-15(10-20-6-2-1-3-12(20)16(22)23)19-17(24)18-11-4-5-13-14(9-11)26-8-7-25-13/h4-5,9,12H,1-3,6-8,10H2,(H,22,23)(H2,18,19,21,24). The summed E-state index contributed by atoms with van der Waals surface area (Å²) in [7, 11) is 0. The molecule has 0 saturated carbocycles. The Bertz CT molecular complexity index is 708. The monoisotopic (exact) mass is 363 g/mol. The quantitative estimate of drug-likeness (QED) is 0.732. The van der Waals surface area contributed by atoms with Gasteiger partial charge in [0.2, 0.25) is 5.91 Å². The van der Waals surface area contributed by atoms with Crippen LogP contribution in [0.5, 0.6) is 11.5 Å². The number of ether oxygens (including phenoxy) is 2. The molecule has 2 aliphatic rings. The van der Waals surface area contributed by atoms with E-state index in [9.17, 15) is 19.5 Å². The number of fused-ring (bicyclic) bond motifs is 1. The van der Waals surface area contributed by atoms with Gasteiger partial charge in [-0.2, -0.15) is 0 Å². The van der Waals surface area contributed by atoms with E-state index >= 15 is 0 Å². The Hall–Kier alpha value is -2.81. The van der Waals surface area contributed by atoms with Gasteiger partial charge in [-0.1, -0.05) is 6.42 Å². The number of nitrogens with one attached hydrogen (secondary N) is 2. The van der Waals surface area contributed by atoms with Crippen LogP contribution in [0.4, 0.5) is 10.5 Å². The zero-order valence-corrected chi connectivity index (χ0v) is 14.2. The van der Waals surface area contributed by atoms with Gasteiger partial charge < -0.3 is 19.9 Å². The number of amides is 3. The van der Waals surface area contributed by atoms with Crippen molar-refractivity contribution in [2.45, 2.75) is 25.3 Å². The van der Waals surface area contributed by atoms with E-state index in [4.69, 9.17) is 9.47 Å². The van der Waals surface area contributed by atoms with Gasteiger partial charge in [-0.3, -0.25) is 19.8 Å². The highest BCUT2D eigenvalue weighted by atomic mass is 16.6. The maximum Gasteiger partial charge on any atom is 0.325 e. The number of nitrogens with zero attached hydrogens (tertiary/aromatic N) is 1. The zero-order valence-electron chi connectivity index (χ0n) is 14.2. The lowest BCUT2D eigenvalue weighted by Gasteiger charge is -2.31. The second kappa shape index (κ2) is 8.05. The molecule has 1 fully saturated rings. The normalized spacial score (nSPS) is 19.5. The molecule has 1 atom stereocenters. The summed E-state index contributed by atoms with van der Waals surface area (Å²) in [6, 6.07) is 3.56. The van der Waals surface area contributed by atoms with Crippen molar-refractivity contribution in [2.24, 2.45) is 0 Å². The Morgan fingerprint density at radius 3 is 2.69 bits per heavy atom. The summed E-state index contributed by atoms with van der Waals surface area (Å²) in [6.45, 7) is 1.30. The lowest BCUT2D eigenvalue weighted by molar-refractivity contribution is -0.145. The maximum absolute atomic E-state index is 12.1. The van der Waals surface area contributed by atoms with Gasteiger partial charge in [-0.05, 0) is 31.5 Å². The van der Waals surface area contributed by atoms with Gasteiger partial charge in [0.05, 0.1) is 6.54 Å². The minimum absolute atomic E-state index is 0.133. The van der Waals surface area contributed by atoms with Crippen molar-refractivity contribution in [2.75, 3.05) is 31.6 Å². The number of benzene rings is 1. The molecule has 0 bridgehead atoms. The number of piperidine rings is 1. The molecule has 2 heterocycles. The number of likely N-dealkylation sites (tertiary alicyclic amines) is 1. The average Bonchev–Trinajstić information content (AvgIpc) is 2.61. The molecular weight excluding hydrogens is 342 g/mol.